The lowest BCUT2D eigenvalue weighted by atomic mass is 10.2. The van der Waals surface area contributed by atoms with Gasteiger partial charge in [0.25, 0.3) is 0 Å². The van der Waals surface area contributed by atoms with Crippen molar-refractivity contribution in [3.05, 3.63) is 47.2 Å². The summed E-state index contributed by atoms with van der Waals surface area (Å²) < 4.78 is 0. The normalized spacial score (nSPS) is 23.1. The van der Waals surface area contributed by atoms with Crippen molar-refractivity contribution >= 4 is 17.0 Å². The molecule has 1 radical (unpaired) electrons. The highest BCUT2D eigenvalue weighted by Crippen LogP contribution is 2.45. The van der Waals surface area contributed by atoms with Crippen LogP contribution in [0, 0.1) is 5.41 Å². The SMILES string of the molecule is C=[C][SH]1C=Cc2ccccc21. The van der Waals surface area contributed by atoms with Crippen LogP contribution >= 0.6 is 10.9 Å². The molecule has 11 heavy (non-hydrogen) atoms. The van der Waals surface area contributed by atoms with Crippen molar-refractivity contribution in [2.45, 2.75) is 4.90 Å². The Morgan fingerprint density at radius 2 is 2.09 bits per heavy atom. The smallest absolute Gasteiger partial charge is 0.00229 e. The molecule has 0 amide bonds. The zero-order valence-corrected chi connectivity index (χ0v) is 7.01. The molecule has 1 heteroatoms. The second kappa shape index (κ2) is 2.59. The number of hydrogen-bond donors (Lipinski definition) is 1. The van der Waals surface area contributed by atoms with Crippen molar-refractivity contribution in [1.29, 1.82) is 0 Å². The van der Waals surface area contributed by atoms with Gasteiger partial charge in [-0.3, -0.25) is 0 Å². The van der Waals surface area contributed by atoms with Crippen LogP contribution in [-0.2, 0) is 0 Å². The van der Waals surface area contributed by atoms with Gasteiger partial charge in [-0.05, 0) is 28.5 Å². The average Bonchev–Trinajstić information content (AvgIpc) is 2.47. The van der Waals surface area contributed by atoms with E-state index < -0.39 is 0 Å². The third-order valence-electron chi connectivity index (χ3n) is 1.77. The number of thiol groups is 1. The first-order valence-electron chi connectivity index (χ1n) is 3.51. The maximum absolute atomic E-state index is 3.69. The van der Waals surface area contributed by atoms with Gasteiger partial charge in [0.1, 0.15) is 0 Å². The van der Waals surface area contributed by atoms with Crippen molar-refractivity contribution in [1.82, 2.24) is 0 Å². The minimum atomic E-state index is -0.300. The summed E-state index contributed by atoms with van der Waals surface area (Å²) in [5.74, 6) is 0. The van der Waals surface area contributed by atoms with Crippen LogP contribution < -0.4 is 0 Å². The first kappa shape index (κ1) is 6.74. The molecule has 0 N–H and O–H groups in total. The molecule has 55 valence electrons. The van der Waals surface area contributed by atoms with Crippen molar-refractivity contribution in [3.8, 4) is 0 Å². The summed E-state index contributed by atoms with van der Waals surface area (Å²) >= 11 is 0. The summed E-state index contributed by atoms with van der Waals surface area (Å²) in [6.07, 6.45) is 2.15. The van der Waals surface area contributed by atoms with Crippen molar-refractivity contribution in [2.75, 3.05) is 0 Å². The van der Waals surface area contributed by atoms with Crippen molar-refractivity contribution < 1.29 is 0 Å². The Labute approximate surface area is 69.6 Å². The zero-order chi connectivity index (χ0) is 7.68. The molecule has 1 aromatic rings. The van der Waals surface area contributed by atoms with Crippen LogP contribution in [0.25, 0.3) is 6.08 Å². The standard InChI is InChI=1S/C10H9S/c1-2-11-8-7-9-5-3-4-6-10(9)11/h3-8,11H,1H2. The molecular formula is C10H9S. The monoisotopic (exact) mass is 161 g/mol. The van der Waals surface area contributed by atoms with Crippen molar-refractivity contribution in [3.63, 3.8) is 0 Å². The van der Waals surface area contributed by atoms with Gasteiger partial charge in [-0.15, -0.1) is 0 Å². The van der Waals surface area contributed by atoms with E-state index in [0.29, 0.717) is 0 Å². The van der Waals surface area contributed by atoms with E-state index in [0.717, 1.165) is 0 Å². The third kappa shape index (κ3) is 1.02. The highest BCUT2D eigenvalue weighted by Gasteiger charge is 2.09. The van der Waals surface area contributed by atoms with Gasteiger partial charge in [-0.1, -0.05) is 24.8 Å². The molecule has 0 saturated heterocycles. The largest absolute Gasteiger partial charge is 0.178 e. The molecule has 0 aromatic heterocycles. The van der Waals surface area contributed by atoms with Crippen LogP contribution in [0.2, 0.25) is 0 Å². The quantitative estimate of drug-likeness (QED) is 0.601. The maximum Gasteiger partial charge on any atom is 0.00229 e. The van der Waals surface area contributed by atoms with E-state index in [2.05, 4.69) is 47.7 Å². The van der Waals surface area contributed by atoms with Crippen LogP contribution in [-0.4, -0.2) is 0 Å². The third-order valence-corrected chi connectivity index (χ3v) is 3.48. The lowest BCUT2D eigenvalue weighted by Gasteiger charge is -2.06. The van der Waals surface area contributed by atoms with E-state index >= 15 is 0 Å². The van der Waals surface area contributed by atoms with E-state index in [9.17, 15) is 0 Å². The predicted molar refractivity (Wildman–Crippen MR) is 51.6 cm³/mol. The van der Waals surface area contributed by atoms with Crippen LogP contribution in [0.1, 0.15) is 5.56 Å². The van der Waals surface area contributed by atoms with Gasteiger partial charge < -0.3 is 0 Å². The maximum atomic E-state index is 3.69. The van der Waals surface area contributed by atoms with Crippen LogP contribution in [0.4, 0.5) is 0 Å². The Hall–Kier alpha value is -0.950. The molecule has 1 aromatic carbocycles. The Morgan fingerprint density at radius 1 is 1.27 bits per heavy atom. The van der Waals surface area contributed by atoms with Gasteiger partial charge in [-0.25, -0.2) is 0 Å². The van der Waals surface area contributed by atoms with Gasteiger partial charge >= 0.3 is 0 Å². The molecule has 1 atom stereocenters. The Balaban J connectivity index is 2.53. The van der Waals surface area contributed by atoms with Gasteiger partial charge in [0.05, 0.1) is 0 Å². The molecule has 1 unspecified atom stereocenters. The molecule has 0 aliphatic carbocycles. The minimum Gasteiger partial charge on any atom is -0.178 e. The molecule has 0 saturated carbocycles. The topological polar surface area (TPSA) is 0 Å². The average molecular weight is 161 g/mol. The molecule has 1 aliphatic rings. The summed E-state index contributed by atoms with van der Waals surface area (Å²) in [5, 5.41) is 5.24. The molecule has 2 rings (SSSR count). The summed E-state index contributed by atoms with van der Waals surface area (Å²) in [5.41, 5.74) is 1.33. The van der Waals surface area contributed by atoms with Crippen LogP contribution in [0.15, 0.2) is 41.1 Å². The molecule has 1 aliphatic heterocycles. The zero-order valence-electron chi connectivity index (χ0n) is 6.12. The summed E-state index contributed by atoms with van der Waals surface area (Å²) in [7, 11) is -0.300. The van der Waals surface area contributed by atoms with E-state index in [-0.39, 0.29) is 10.9 Å². The number of rotatable bonds is 1. The van der Waals surface area contributed by atoms with Crippen LogP contribution in [0.3, 0.4) is 0 Å². The highest BCUT2D eigenvalue weighted by atomic mass is 32.2. The number of hydrogen-bond acceptors (Lipinski definition) is 0. The molecular weight excluding hydrogens is 152 g/mol. The van der Waals surface area contributed by atoms with E-state index in [1.54, 1.807) is 0 Å². The second-order valence-corrected chi connectivity index (χ2v) is 4.24. The Kier molecular flexibility index (Phi) is 1.59. The van der Waals surface area contributed by atoms with E-state index in [1.807, 2.05) is 0 Å². The summed E-state index contributed by atoms with van der Waals surface area (Å²) in [6, 6.07) is 8.41. The van der Waals surface area contributed by atoms with Gasteiger partial charge in [0.2, 0.25) is 0 Å². The summed E-state index contributed by atoms with van der Waals surface area (Å²) in [6.45, 7) is 3.69. The predicted octanol–water partition coefficient (Wildman–Crippen LogP) is 2.98. The van der Waals surface area contributed by atoms with Crippen LogP contribution in [0.5, 0.6) is 0 Å². The van der Waals surface area contributed by atoms with E-state index in [1.165, 1.54) is 10.5 Å². The number of benzene rings is 1. The molecule has 1 heterocycles. The fourth-order valence-electron chi connectivity index (χ4n) is 1.22. The lowest BCUT2D eigenvalue weighted by molar-refractivity contribution is 1.44. The summed E-state index contributed by atoms with van der Waals surface area (Å²) in [4.78, 5) is 1.39. The Bertz CT molecular complexity index is 312. The second-order valence-electron chi connectivity index (χ2n) is 2.40. The first-order valence-corrected chi connectivity index (χ1v) is 4.92. The molecule has 0 spiro atoms. The fourth-order valence-corrected chi connectivity index (χ4v) is 2.64. The number of fused-ring (bicyclic) bond motifs is 1. The molecule has 0 fully saturated rings. The van der Waals surface area contributed by atoms with Gasteiger partial charge in [-0.2, -0.15) is 10.9 Å². The molecule has 0 nitrogen and oxygen atoms in total. The van der Waals surface area contributed by atoms with E-state index in [4.69, 9.17) is 0 Å². The molecule has 0 bridgehead atoms. The highest BCUT2D eigenvalue weighted by molar-refractivity contribution is 8.21. The van der Waals surface area contributed by atoms with Gasteiger partial charge in [0, 0.05) is 4.90 Å². The van der Waals surface area contributed by atoms with Crippen molar-refractivity contribution in [2.24, 2.45) is 0 Å². The lowest BCUT2D eigenvalue weighted by Crippen LogP contribution is -1.74. The minimum absolute atomic E-state index is 0.300. The first-order chi connectivity index (χ1) is 5.42. The fraction of sp³-hybridized carbons (Fsp3) is 0. The Morgan fingerprint density at radius 3 is 2.91 bits per heavy atom. The van der Waals surface area contributed by atoms with Gasteiger partial charge in [0.15, 0.2) is 0 Å².